The molecule has 3 aromatic heterocycles. The van der Waals surface area contributed by atoms with Gasteiger partial charge in [0.05, 0.1) is 23.9 Å². The first-order valence-corrected chi connectivity index (χ1v) is 12.0. The summed E-state index contributed by atoms with van der Waals surface area (Å²) in [5, 5.41) is 5.30. The zero-order valence-corrected chi connectivity index (χ0v) is 20.3. The molecular weight excluding hydrogens is 471 g/mol. The molecule has 4 heterocycles. The maximum atomic E-state index is 14.2. The number of benzene rings is 2. The monoisotopic (exact) mass is 496 g/mol. The molecule has 1 saturated heterocycles. The fourth-order valence-corrected chi connectivity index (χ4v) is 4.58. The van der Waals surface area contributed by atoms with Crippen LogP contribution >= 0.6 is 0 Å². The molecule has 9 nitrogen and oxygen atoms in total. The van der Waals surface area contributed by atoms with Crippen LogP contribution in [0.2, 0.25) is 0 Å². The number of rotatable bonds is 5. The summed E-state index contributed by atoms with van der Waals surface area (Å²) in [6, 6.07) is 19.7. The van der Waals surface area contributed by atoms with E-state index in [0.29, 0.717) is 47.1 Å². The Labute approximate surface area is 213 Å². The third-order valence-electron chi connectivity index (χ3n) is 6.51. The van der Waals surface area contributed by atoms with Gasteiger partial charge in [-0.25, -0.2) is 19.0 Å². The normalized spacial score (nSPS) is 13.8. The second-order valence-corrected chi connectivity index (χ2v) is 8.74. The van der Waals surface area contributed by atoms with Gasteiger partial charge in [-0.3, -0.25) is 0 Å². The van der Waals surface area contributed by atoms with Crippen LogP contribution in [0.1, 0.15) is 0 Å². The molecule has 0 spiro atoms. The van der Waals surface area contributed by atoms with Crippen molar-refractivity contribution >= 4 is 28.6 Å². The Bertz CT molecular complexity index is 1550. The SMILES string of the molecule is COc1ccc(-n2nc3nc(N4CCN(c5ccccn5)CC4)nc(-c4cccc(F)c4)c3c2N)cc1. The molecule has 6 rings (SSSR count). The fraction of sp³-hybridized carbons (Fsp3) is 0.185. The maximum absolute atomic E-state index is 14.2. The average Bonchev–Trinajstić information content (AvgIpc) is 3.29. The van der Waals surface area contributed by atoms with Crippen LogP contribution in [0.5, 0.6) is 5.75 Å². The molecule has 1 fully saturated rings. The van der Waals surface area contributed by atoms with Crippen molar-refractivity contribution in [3.8, 4) is 22.7 Å². The van der Waals surface area contributed by atoms with Crippen LogP contribution in [0, 0.1) is 5.82 Å². The van der Waals surface area contributed by atoms with Crippen molar-refractivity contribution in [3.05, 3.63) is 78.7 Å². The molecule has 0 amide bonds. The van der Waals surface area contributed by atoms with E-state index in [1.807, 2.05) is 48.5 Å². The van der Waals surface area contributed by atoms with E-state index in [2.05, 4.69) is 14.8 Å². The molecule has 0 unspecified atom stereocenters. The summed E-state index contributed by atoms with van der Waals surface area (Å²) < 4.78 is 21.1. The Morgan fingerprint density at radius 3 is 2.38 bits per heavy atom. The highest BCUT2D eigenvalue weighted by Crippen LogP contribution is 2.34. The predicted octanol–water partition coefficient (Wildman–Crippen LogP) is 3.93. The third kappa shape index (κ3) is 4.26. The van der Waals surface area contributed by atoms with Crippen LogP contribution in [-0.2, 0) is 0 Å². The van der Waals surface area contributed by atoms with Gasteiger partial charge in [0.15, 0.2) is 5.65 Å². The molecule has 186 valence electrons. The first-order chi connectivity index (χ1) is 18.1. The minimum absolute atomic E-state index is 0.351. The Balaban J connectivity index is 1.42. The predicted molar refractivity (Wildman–Crippen MR) is 142 cm³/mol. The minimum Gasteiger partial charge on any atom is -0.497 e. The van der Waals surface area contributed by atoms with Crippen molar-refractivity contribution in [3.63, 3.8) is 0 Å². The first kappa shape index (κ1) is 22.7. The van der Waals surface area contributed by atoms with Gasteiger partial charge in [-0.05, 0) is 48.5 Å². The van der Waals surface area contributed by atoms with Crippen molar-refractivity contribution in [2.24, 2.45) is 0 Å². The number of methoxy groups -OCH3 is 1. The van der Waals surface area contributed by atoms with Gasteiger partial charge < -0.3 is 20.3 Å². The molecule has 1 aliphatic heterocycles. The number of fused-ring (bicyclic) bond motifs is 1. The average molecular weight is 497 g/mol. The lowest BCUT2D eigenvalue weighted by Gasteiger charge is -2.35. The molecular formula is C27H25FN8O. The van der Waals surface area contributed by atoms with Gasteiger partial charge in [0.2, 0.25) is 5.95 Å². The van der Waals surface area contributed by atoms with E-state index in [0.717, 1.165) is 30.3 Å². The van der Waals surface area contributed by atoms with Gasteiger partial charge in [0, 0.05) is 37.9 Å². The quantitative estimate of drug-likeness (QED) is 0.391. The van der Waals surface area contributed by atoms with E-state index in [1.165, 1.54) is 12.1 Å². The van der Waals surface area contributed by atoms with E-state index in [4.69, 9.17) is 25.5 Å². The summed E-state index contributed by atoms with van der Waals surface area (Å²) in [5.41, 5.74) is 8.96. The molecule has 37 heavy (non-hydrogen) atoms. The Morgan fingerprint density at radius 2 is 1.68 bits per heavy atom. The molecule has 2 N–H and O–H groups in total. The lowest BCUT2D eigenvalue weighted by atomic mass is 10.1. The molecule has 10 heteroatoms. The standard InChI is InChI=1S/C27H25FN8O/c1-37-21-10-8-20(9-11-21)36-25(29)23-24(18-5-4-6-19(28)17-18)31-27(32-26(23)33-36)35-15-13-34(14-16-35)22-7-2-3-12-30-22/h2-12,17H,13-16,29H2,1H3. The van der Waals surface area contributed by atoms with Crippen LogP contribution in [-0.4, -0.2) is 58.0 Å². The maximum Gasteiger partial charge on any atom is 0.228 e. The summed E-state index contributed by atoms with van der Waals surface area (Å²) in [7, 11) is 1.62. The zero-order chi connectivity index (χ0) is 25.4. The number of nitrogen functional groups attached to an aromatic ring is 1. The number of nitrogens with zero attached hydrogens (tertiary/aromatic N) is 7. The van der Waals surface area contributed by atoms with Crippen molar-refractivity contribution in [2.45, 2.75) is 0 Å². The van der Waals surface area contributed by atoms with E-state index in [9.17, 15) is 4.39 Å². The van der Waals surface area contributed by atoms with Gasteiger partial charge >= 0.3 is 0 Å². The zero-order valence-electron chi connectivity index (χ0n) is 20.3. The smallest absolute Gasteiger partial charge is 0.228 e. The number of hydrogen-bond acceptors (Lipinski definition) is 8. The van der Waals surface area contributed by atoms with Crippen LogP contribution in [0.3, 0.4) is 0 Å². The molecule has 0 bridgehead atoms. The van der Waals surface area contributed by atoms with Crippen molar-refractivity contribution in [2.75, 3.05) is 48.8 Å². The molecule has 1 aliphatic rings. The van der Waals surface area contributed by atoms with Crippen LogP contribution < -0.4 is 20.3 Å². The van der Waals surface area contributed by atoms with E-state index in [-0.39, 0.29) is 5.82 Å². The van der Waals surface area contributed by atoms with Crippen LogP contribution in [0.25, 0.3) is 28.0 Å². The molecule has 0 aliphatic carbocycles. The van der Waals surface area contributed by atoms with Gasteiger partial charge in [-0.15, -0.1) is 5.10 Å². The van der Waals surface area contributed by atoms with E-state index < -0.39 is 0 Å². The number of nitrogens with two attached hydrogens (primary N) is 1. The first-order valence-electron chi connectivity index (χ1n) is 12.0. The van der Waals surface area contributed by atoms with Crippen molar-refractivity contribution in [1.82, 2.24) is 24.7 Å². The summed E-state index contributed by atoms with van der Waals surface area (Å²) in [5.74, 6) is 2.24. The lowest BCUT2D eigenvalue weighted by molar-refractivity contribution is 0.414. The fourth-order valence-electron chi connectivity index (χ4n) is 4.58. The van der Waals surface area contributed by atoms with Crippen LogP contribution in [0.15, 0.2) is 72.9 Å². The second-order valence-electron chi connectivity index (χ2n) is 8.74. The number of anilines is 3. The number of hydrogen-bond donors (Lipinski definition) is 1. The van der Waals surface area contributed by atoms with Gasteiger partial charge in [0.1, 0.15) is 23.2 Å². The Kier molecular flexibility index (Phi) is 5.76. The highest BCUT2D eigenvalue weighted by molar-refractivity contribution is 5.99. The Hall–Kier alpha value is -4.73. The topological polar surface area (TPSA) is 98.2 Å². The summed E-state index contributed by atoms with van der Waals surface area (Å²) in [6.07, 6.45) is 1.80. The van der Waals surface area contributed by atoms with E-state index in [1.54, 1.807) is 24.1 Å². The number of halogens is 1. The molecule has 0 atom stereocenters. The molecule has 0 radical (unpaired) electrons. The summed E-state index contributed by atoms with van der Waals surface area (Å²) in [4.78, 5) is 18.5. The van der Waals surface area contributed by atoms with Crippen molar-refractivity contribution < 1.29 is 9.13 Å². The minimum atomic E-state index is -0.351. The highest BCUT2D eigenvalue weighted by atomic mass is 19.1. The third-order valence-corrected chi connectivity index (χ3v) is 6.51. The number of pyridine rings is 1. The molecule has 2 aromatic carbocycles. The Morgan fingerprint density at radius 1 is 0.892 bits per heavy atom. The highest BCUT2D eigenvalue weighted by Gasteiger charge is 2.24. The van der Waals surface area contributed by atoms with Gasteiger partial charge in [-0.1, -0.05) is 18.2 Å². The number of ether oxygens (including phenoxy) is 1. The number of piperazine rings is 1. The summed E-state index contributed by atoms with van der Waals surface area (Å²) >= 11 is 0. The molecule has 5 aromatic rings. The second kappa shape index (κ2) is 9.38. The van der Waals surface area contributed by atoms with Gasteiger partial charge in [-0.2, -0.15) is 4.98 Å². The molecule has 0 saturated carbocycles. The summed E-state index contributed by atoms with van der Waals surface area (Å²) in [6.45, 7) is 2.96. The van der Waals surface area contributed by atoms with E-state index >= 15 is 0 Å². The van der Waals surface area contributed by atoms with Crippen molar-refractivity contribution in [1.29, 1.82) is 0 Å². The van der Waals surface area contributed by atoms with Crippen LogP contribution in [0.4, 0.5) is 22.0 Å². The lowest BCUT2D eigenvalue weighted by Crippen LogP contribution is -2.47. The van der Waals surface area contributed by atoms with Gasteiger partial charge in [0.25, 0.3) is 0 Å². The largest absolute Gasteiger partial charge is 0.497 e. The number of aromatic nitrogens is 5.